The maximum atomic E-state index is 3.67. The molecule has 3 heteroatoms. The number of halogens is 1. The minimum atomic E-state index is 0.908. The molecule has 0 atom stereocenters. The van der Waals surface area contributed by atoms with E-state index in [1.165, 1.54) is 31.0 Å². The Morgan fingerprint density at radius 2 is 1.90 bits per heavy atom. The molecular weight excluding hydrogens is 330 g/mol. The standard InChI is InChI=1S/C17H20BrNS/c1-4-19-11-14-7-8-15(10-16(14)18)20-17-9-12(2)5-6-13(17)3/h5-10,19H,4,11H2,1-3H3. The van der Waals surface area contributed by atoms with Crippen LogP contribution in [-0.2, 0) is 6.54 Å². The van der Waals surface area contributed by atoms with E-state index in [-0.39, 0.29) is 0 Å². The number of rotatable bonds is 5. The highest BCUT2D eigenvalue weighted by molar-refractivity contribution is 9.10. The van der Waals surface area contributed by atoms with Crippen LogP contribution >= 0.6 is 27.7 Å². The third kappa shape index (κ3) is 4.11. The molecule has 0 saturated heterocycles. The molecule has 0 bridgehead atoms. The fourth-order valence-electron chi connectivity index (χ4n) is 1.94. The molecule has 0 radical (unpaired) electrons. The van der Waals surface area contributed by atoms with Crippen LogP contribution in [0.25, 0.3) is 0 Å². The average molecular weight is 350 g/mol. The smallest absolute Gasteiger partial charge is 0.0231 e. The van der Waals surface area contributed by atoms with E-state index in [9.17, 15) is 0 Å². The summed E-state index contributed by atoms with van der Waals surface area (Å²) >= 11 is 5.50. The Morgan fingerprint density at radius 3 is 2.60 bits per heavy atom. The van der Waals surface area contributed by atoms with E-state index in [4.69, 9.17) is 0 Å². The first-order chi connectivity index (χ1) is 9.60. The molecule has 1 N–H and O–H groups in total. The van der Waals surface area contributed by atoms with Crippen molar-refractivity contribution in [1.82, 2.24) is 5.32 Å². The molecule has 1 nitrogen and oxygen atoms in total. The van der Waals surface area contributed by atoms with Crippen molar-refractivity contribution in [2.24, 2.45) is 0 Å². The van der Waals surface area contributed by atoms with Crippen LogP contribution in [0.2, 0.25) is 0 Å². The normalized spacial score (nSPS) is 10.8. The van der Waals surface area contributed by atoms with Crippen LogP contribution in [0.1, 0.15) is 23.6 Å². The van der Waals surface area contributed by atoms with Crippen LogP contribution in [0.15, 0.2) is 50.7 Å². The van der Waals surface area contributed by atoms with Crippen molar-refractivity contribution in [1.29, 1.82) is 0 Å². The Hall–Kier alpha value is -0.770. The summed E-state index contributed by atoms with van der Waals surface area (Å²) in [4.78, 5) is 2.60. The molecule has 20 heavy (non-hydrogen) atoms. The fraction of sp³-hybridized carbons (Fsp3) is 0.294. The number of hydrogen-bond acceptors (Lipinski definition) is 2. The van der Waals surface area contributed by atoms with E-state index in [2.05, 4.69) is 78.4 Å². The topological polar surface area (TPSA) is 12.0 Å². The minimum Gasteiger partial charge on any atom is -0.313 e. The van der Waals surface area contributed by atoms with Gasteiger partial charge in [-0.2, -0.15) is 0 Å². The highest BCUT2D eigenvalue weighted by Gasteiger charge is 2.05. The van der Waals surface area contributed by atoms with Crippen LogP contribution in [0, 0.1) is 13.8 Å². The molecule has 0 aliphatic heterocycles. The lowest BCUT2D eigenvalue weighted by atomic mass is 10.2. The van der Waals surface area contributed by atoms with E-state index >= 15 is 0 Å². The molecule has 106 valence electrons. The van der Waals surface area contributed by atoms with Crippen molar-refractivity contribution >= 4 is 27.7 Å². The zero-order valence-electron chi connectivity index (χ0n) is 12.2. The number of hydrogen-bond donors (Lipinski definition) is 1. The molecule has 0 heterocycles. The zero-order chi connectivity index (χ0) is 14.5. The van der Waals surface area contributed by atoms with Gasteiger partial charge in [-0.15, -0.1) is 0 Å². The second-order valence-electron chi connectivity index (χ2n) is 4.90. The third-order valence-electron chi connectivity index (χ3n) is 3.16. The monoisotopic (exact) mass is 349 g/mol. The van der Waals surface area contributed by atoms with Gasteiger partial charge >= 0.3 is 0 Å². The molecule has 0 aliphatic carbocycles. The summed E-state index contributed by atoms with van der Waals surface area (Å²) in [5, 5.41) is 3.35. The maximum absolute atomic E-state index is 3.67. The second-order valence-corrected chi connectivity index (χ2v) is 6.87. The highest BCUT2D eigenvalue weighted by Crippen LogP contribution is 2.33. The van der Waals surface area contributed by atoms with Crippen molar-refractivity contribution < 1.29 is 0 Å². The third-order valence-corrected chi connectivity index (χ3v) is 5.05. The Kier molecular flexibility index (Phi) is 5.70. The molecule has 0 aromatic heterocycles. The van der Waals surface area contributed by atoms with Gasteiger partial charge in [-0.05, 0) is 55.3 Å². The highest BCUT2D eigenvalue weighted by atomic mass is 79.9. The number of aryl methyl sites for hydroxylation is 2. The predicted molar refractivity (Wildman–Crippen MR) is 91.6 cm³/mol. The lowest BCUT2D eigenvalue weighted by Crippen LogP contribution is -2.11. The summed E-state index contributed by atoms with van der Waals surface area (Å²) < 4.78 is 1.17. The van der Waals surface area contributed by atoms with Gasteiger partial charge in [0.05, 0.1) is 0 Å². The predicted octanol–water partition coefficient (Wildman–Crippen LogP) is 5.33. The molecule has 2 rings (SSSR count). The Morgan fingerprint density at radius 1 is 1.10 bits per heavy atom. The Labute approximate surface area is 134 Å². The van der Waals surface area contributed by atoms with Gasteiger partial charge in [0.1, 0.15) is 0 Å². The van der Waals surface area contributed by atoms with Crippen LogP contribution in [-0.4, -0.2) is 6.54 Å². The molecule has 2 aromatic rings. The molecule has 0 saturated carbocycles. The van der Waals surface area contributed by atoms with E-state index in [1.807, 2.05) is 11.8 Å². The molecule has 0 amide bonds. The van der Waals surface area contributed by atoms with E-state index < -0.39 is 0 Å². The molecule has 0 unspecified atom stereocenters. The van der Waals surface area contributed by atoms with Crippen LogP contribution in [0.3, 0.4) is 0 Å². The van der Waals surface area contributed by atoms with E-state index in [1.54, 1.807) is 0 Å². The summed E-state index contributed by atoms with van der Waals surface area (Å²) in [6.07, 6.45) is 0. The summed E-state index contributed by atoms with van der Waals surface area (Å²) in [5.74, 6) is 0. The Balaban J connectivity index is 2.17. The first-order valence-electron chi connectivity index (χ1n) is 6.84. The number of nitrogens with one attached hydrogen (secondary N) is 1. The van der Waals surface area contributed by atoms with Gasteiger partial charge in [-0.3, -0.25) is 0 Å². The molecule has 0 spiro atoms. The molecule has 2 aromatic carbocycles. The average Bonchev–Trinajstić information content (AvgIpc) is 2.42. The van der Waals surface area contributed by atoms with E-state index in [0.717, 1.165) is 13.1 Å². The molecular formula is C17H20BrNS. The summed E-state index contributed by atoms with van der Waals surface area (Å²) in [6.45, 7) is 8.32. The largest absolute Gasteiger partial charge is 0.313 e. The lowest BCUT2D eigenvalue weighted by Gasteiger charge is -2.10. The van der Waals surface area contributed by atoms with Gasteiger partial charge in [-0.25, -0.2) is 0 Å². The minimum absolute atomic E-state index is 0.908. The van der Waals surface area contributed by atoms with Gasteiger partial charge < -0.3 is 5.32 Å². The van der Waals surface area contributed by atoms with Gasteiger partial charge in [0.2, 0.25) is 0 Å². The van der Waals surface area contributed by atoms with Gasteiger partial charge in [0, 0.05) is 20.8 Å². The van der Waals surface area contributed by atoms with Crippen LogP contribution in [0.5, 0.6) is 0 Å². The lowest BCUT2D eigenvalue weighted by molar-refractivity contribution is 0.724. The SMILES string of the molecule is CCNCc1ccc(Sc2cc(C)ccc2C)cc1Br. The maximum Gasteiger partial charge on any atom is 0.0231 e. The summed E-state index contributed by atoms with van der Waals surface area (Å²) in [6, 6.07) is 13.2. The quantitative estimate of drug-likeness (QED) is 0.783. The van der Waals surface area contributed by atoms with Gasteiger partial charge in [0.25, 0.3) is 0 Å². The number of benzene rings is 2. The van der Waals surface area contributed by atoms with Crippen LogP contribution < -0.4 is 5.32 Å². The second kappa shape index (κ2) is 7.30. The van der Waals surface area contributed by atoms with E-state index in [0.29, 0.717) is 0 Å². The first kappa shape index (κ1) is 15.6. The summed E-state index contributed by atoms with van der Waals surface area (Å²) in [7, 11) is 0. The molecule has 0 fully saturated rings. The zero-order valence-corrected chi connectivity index (χ0v) is 14.6. The van der Waals surface area contributed by atoms with Crippen molar-refractivity contribution in [3.05, 3.63) is 57.6 Å². The van der Waals surface area contributed by atoms with Gasteiger partial charge in [0.15, 0.2) is 0 Å². The van der Waals surface area contributed by atoms with Crippen molar-refractivity contribution in [2.45, 2.75) is 37.1 Å². The van der Waals surface area contributed by atoms with Crippen LogP contribution in [0.4, 0.5) is 0 Å². The fourth-order valence-corrected chi connectivity index (χ4v) is 3.65. The Bertz CT molecular complexity index is 596. The molecule has 0 aliphatic rings. The summed E-state index contributed by atoms with van der Waals surface area (Å²) in [5.41, 5.74) is 3.94. The van der Waals surface area contributed by atoms with Gasteiger partial charge in [-0.1, -0.05) is 52.8 Å². The first-order valence-corrected chi connectivity index (χ1v) is 8.45. The van der Waals surface area contributed by atoms with Crippen molar-refractivity contribution in [3.8, 4) is 0 Å². The van der Waals surface area contributed by atoms with Crippen molar-refractivity contribution in [2.75, 3.05) is 6.54 Å². The van der Waals surface area contributed by atoms with Crippen molar-refractivity contribution in [3.63, 3.8) is 0 Å².